The molecule has 86 valence electrons. The zero-order chi connectivity index (χ0) is 12.0. The fraction of sp³-hybridized carbons (Fsp3) is 0.222. The van der Waals surface area contributed by atoms with Crippen molar-refractivity contribution in [3.8, 4) is 0 Å². The molecule has 0 fully saturated rings. The lowest BCUT2D eigenvalue weighted by Gasteiger charge is -2.04. The van der Waals surface area contributed by atoms with Crippen molar-refractivity contribution in [1.29, 1.82) is 0 Å². The van der Waals surface area contributed by atoms with Crippen LogP contribution in [0.3, 0.4) is 0 Å². The maximum atomic E-state index is 11.5. The molecule has 7 nitrogen and oxygen atoms in total. The summed E-state index contributed by atoms with van der Waals surface area (Å²) < 4.78 is 0. The second-order valence-corrected chi connectivity index (χ2v) is 3.05. The number of hydrogen-bond donors (Lipinski definition) is 4. The third-order valence-corrected chi connectivity index (χ3v) is 1.82. The lowest BCUT2D eigenvalue weighted by Crippen LogP contribution is -2.28. The summed E-state index contributed by atoms with van der Waals surface area (Å²) in [6.45, 7) is 0.191. The number of carbonyl (C=O) groups is 2. The quantitative estimate of drug-likeness (QED) is 0.375. The molecule has 0 unspecified atom stereocenters. The highest BCUT2D eigenvalue weighted by Crippen LogP contribution is 2.05. The second-order valence-electron chi connectivity index (χ2n) is 3.05. The van der Waals surface area contributed by atoms with Gasteiger partial charge in [0.2, 0.25) is 5.91 Å². The maximum Gasteiger partial charge on any atom is 0.269 e. The van der Waals surface area contributed by atoms with Gasteiger partial charge in [0.1, 0.15) is 5.69 Å². The van der Waals surface area contributed by atoms with Gasteiger partial charge in [0.05, 0.1) is 5.69 Å². The van der Waals surface area contributed by atoms with E-state index >= 15 is 0 Å². The van der Waals surface area contributed by atoms with Gasteiger partial charge in [-0.2, -0.15) is 0 Å². The smallest absolute Gasteiger partial charge is 0.269 e. The Morgan fingerprint density at radius 1 is 1.44 bits per heavy atom. The van der Waals surface area contributed by atoms with Crippen molar-refractivity contribution in [3.63, 3.8) is 0 Å². The number of aromatic nitrogens is 1. The number of anilines is 1. The van der Waals surface area contributed by atoms with E-state index in [0.29, 0.717) is 5.69 Å². The van der Waals surface area contributed by atoms with Gasteiger partial charge in [-0.3, -0.25) is 20.4 Å². The molecule has 1 aromatic rings. The normalized spacial score (nSPS) is 9.56. The number of nitrogens with zero attached hydrogens (tertiary/aromatic N) is 1. The van der Waals surface area contributed by atoms with Gasteiger partial charge in [-0.1, -0.05) is 0 Å². The first kappa shape index (κ1) is 11.9. The van der Waals surface area contributed by atoms with Gasteiger partial charge >= 0.3 is 0 Å². The summed E-state index contributed by atoms with van der Waals surface area (Å²) in [6.07, 6.45) is 1.55. The van der Waals surface area contributed by atoms with Crippen LogP contribution in [-0.2, 0) is 4.79 Å². The van der Waals surface area contributed by atoms with Crippen molar-refractivity contribution in [2.75, 3.05) is 12.0 Å². The van der Waals surface area contributed by atoms with Crippen LogP contribution in [0, 0.1) is 0 Å². The van der Waals surface area contributed by atoms with Crippen LogP contribution < -0.4 is 22.3 Å². The first-order valence-electron chi connectivity index (χ1n) is 4.62. The molecule has 1 rings (SSSR count). The van der Waals surface area contributed by atoms with Crippen LogP contribution in [-0.4, -0.2) is 23.3 Å². The molecule has 0 bridgehead atoms. The van der Waals surface area contributed by atoms with Gasteiger partial charge in [-0.25, -0.2) is 0 Å². The molecule has 7 heteroatoms. The van der Waals surface area contributed by atoms with E-state index in [0.717, 1.165) is 0 Å². The Hall–Kier alpha value is -2.15. The third kappa shape index (κ3) is 3.54. The van der Waals surface area contributed by atoms with E-state index in [1.807, 2.05) is 0 Å². The molecule has 16 heavy (non-hydrogen) atoms. The number of carbonyl (C=O) groups excluding carboxylic acids is 2. The number of nitrogens with one attached hydrogen (secondary N) is 2. The third-order valence-electron chi connectivity index (χ3n) is 1.82. The topological polar surface area (TPSA) is 123 Å². The largest absolute Gasteiger partial charge is 0.370 e. The number of hydrogen-bond acceptors (Lipinski definition) is 5. The summed E-state index contributed by atoms with van der Waals surface area (Å²) in [5, 5.41) is 2.51. The number of amides is 2. The summed E-state index contributed by atoms with van der Waals surface area (Å²) in [4.78, 5) is 25.8. The molecule has 0 aromatic carbocycles. The zero-order valence-corrected chi connectivity index (χ0v) is 8.56. The average Bonchev–Trinajstić information content (AvgIpc) is 2.28. The van der Waals surface area contributed by atoms with Gasteiger partial charge in [0, 0.05) is 19.2 Å². The number of pyridine rings is 1. The van der Waals surface area contributed by atoms with E-state index in [1.54, 1.807) is 6.07 Å². The molecule has 2 amide bonds. The molecule has 0 atom stereocenters. The number of primary amides is 1. The van der Waals surface area contributed by atoms with E-state index in [4.69, 9.17) is 11.6 Å². The highest BCUT2D eigenvalue weighted by Gasteiger charge is 2.07. The molecule has 1 heterocycles. The van der Waals surface area contributed by atoms with Crippen molar-refractivity contribution >= 4 is 17.5 Å². The van der Waals surface area contributed by atoms with E-state index in [1.165, 1.54) is 12.3 Å². The van der Waals surface area contributed by atoms with Crippen LogP contribution in [0.5, 0.6) is 0 Å². The number of nitrogen functional groups attached to an aromatic ring is 1. The van der Waals surface area contributed by atoms with Crippen molar-refractivity contribution in [2.24, 2.45) is 11.6 Å². The summed E-state index contributed by atoms with van der Waals surface area (Å²) >= 11 is 0. The highest BCUT2D eigenvalue weighted by molar-refractivity contribution is 5.93. The molecule has 0 saturated heterocycles. The Morgan fingerprint density at radius 3 is 2.81 bits per heavy atom. The minimum Gasteiger partial charge on any atom is -0.370 e. The molecular formula is C9H13N5O2. The van der Waals surface area contributed by atoms with Crippen LogP contribution in [0.25, 0.3) is 0 Å². The van der Waals surface area contributed by atoms with Crippen LogP contribution >= 0.6 is 0 Å². The Morgan fingerprint density at radius 2 is 2.19 bits per heavy atom. The van der Waals surface area contributed by atoms with Crippen LogP contribution in [0.2, 0.25) is 0 Å². The number of nitrogens with two attached hydrogens (primary N) is 2. The molecule has 0 spiro atoms. The Bertz CT molecular complexity index is 393. The monoisotopic (exact) mass is 223 g/mol. The van der Waals surface area contributed by atoms with E-state index in [2.05, 4.69) is 15.7 Å². The van der Waals surface area contributed by atoms with Crippen molar-refractivity contribution in [2.45, 2.75) is 6.42 Å². The lowest BCUT2D eigenvalue weighted by molar-refractivity contribution is -0.117. The van der Waals surface area contributed by atoms with Gasteiger partial charge < -0.3 is 16.5 Å². The second kappa shape index (κ2) is 5.66. The first-order chi connectivity index (χ1) is 7.63. The van der Waals surface area contributed by atoms with Gasteiger partial charge in [0.25, 0.3) is 5.91 Å². The van der Waals surface area contributed by atoms with Crippen molar-refractivity contribution in [3.05, 3.63) is 24.0 Å². The van der Waals surface area contributed by atoms with E-state index in [9.17, 15) is 9.59 Å². The minimum atomic E-state index is -0.467. The molecule has 6 N–H and O–H groups in total. The number of rotatable bonds is 5. The van der Waals surface area contributed by atoms with Gasteiger partial charge in [-0.15, -0.1) is 0 Å². The van der Waals surface area contributed by atoms with E-state index < -0.39 is 5.91 Å². The summed E-state index contributed by atoms with van der Waals surface area (Å²) in [5.41, 5.74) is 8.13. The molecule has 0 aliphatic rings. The average molecular weight is 223 g/mol. The van der Waals surface area contributed by atoms with Gasteiger partial charge in [-0.05, 0) is 12.1 Å². The first-order valence-corrected chi connectivity index (χ1v) is 4.62. The Kier molecular flexibility index (Phi) is 4.22. The fourth-order valence-corrected chi connectivity index (χ4v) is 1.03. The molecule has 0 aliphatic carbocycles. The predicted molar refractivity (Wildman–Crippen MR) is 58.2 cm³/mol. The highest BCUT2D eigenvalue weighted by atomic mass is 16.2. The van der Waals surface area contributed by atoms with E-state index in [-0.39, 0.29) is 24.6 Å². The molecule has 0 aliphatic heterocycles. The van der Waals surface area contributed by atoms with Crippen LogP contribution in [0.15, 0.2) is 18.3 Å². The minimum absolute atomic E-state index is 0.0978. The standard InChI is InChI=1S/C9H13N5O2/c10-8(15)2-4-13-9(16)7-5-6(14-11)1-3-12-7/h1,3,5H,2,4,11H2,(H2,10,15)(H,12,14)(H,13,16). The summed E-state index contributed by atoms with van der Waals surface area (Å²) in [6, 6.07) is 3.12. The zero-order valence-electron chi connectivity index (χ0n) is 8.56. The lowest BCUT2D eigenvalue weighted by atomic mass is 10.3. The van der Waals surface area contributed by atoms with Crippen molar-refractivity contribution < 1.29 is 9.59 Å². The fourth-order valence-electron chi connectivity index (χ4n) is 1.03. The summed E-state index contributed by atoms with van der Waals surface area (Å²) in [5.74, 6) is 4.34. The molecule has 0 saturated carbocycles. The Balaban J connectivity index is 2.55. The summed E-state index contributed by atoms with van der Waals surface area (Å²) in [7, 11) is 0. The predicted octanol–water partition coefficient (Wildman–Crippen LogP) is -1.03. The molecular weight excluding hydrogens is 210 g/mol. The van der Waals surface area contributed by atoms with Crippen molar-refractivity contribution in [1.82, 2.24) is 10.3 Å². The Labute approximate surface area is 92.2 Å². The maximum absolute atomic E-state index is 11.5. The molecule has 0 radical (unpaired) electrons. The SMILES string of the molecule is NNc1ccnc(C(=O)NCCC(N)=O)c1. The van der Waals surface area contributed by atoms with Crippen LogP contribution in [0.4, 0.5) is 5.69 Å². The van der Waals surface area contributed by atoms with Crippen LogP contribution in [0.1, 0.15) is 16.9 Å². The van der Waals surface area contributed by atoms with Gasteiger partial charge in [0.15, 0.2) is 0 Å². The molecule has 1 aromatic heterocycles. The number of hydrazine groups is 1.